The highest BCUT2D eigenvalue weighted by Crippen LogP contribution is 2.33. The molecule has 1 heterocycles. The minimum atomic E-state index is -0.0802. The monoisotopic (exact) mass is 365 g/mol. The third-order valence-corrected chi connectivity index (χ3v) is 4.92. The van der Waals surface area contributed by atoms with E-state index in [1.54, 1.807) is 0 Å². The first-order valence-corrected chi connectivity index (χ1v) is 9.64. The summed E-state index contributed by atoms with van der Waals surface area (Å²) in [6.45, 7) is 5.66. The van der Waals surface area contributed by atoms with Crippen molar-refractivity contribution in [1.29, 1.82) is 0 Å². The molecule has 2 aromatic rings. The predicted octanol–water partition coefficient (Wildman–Crippen LogP) is 3.72. The first-order valence-electron chi connectivity index (χ1n) is 9.64. The van der Waals surface area contributed by atoms with Gasteiger partial charge in [-0.3, -0.25) is 9.59 Å². The molecule has 0 fully saturated rings. The Kier molecular flexibility index (Phi) is 6.22. The van der Waals surface area contributed by atoms with Gasteiger partial charge >= 0.3 is 0 Å². The molecule has 3 rings (SSSR count). The molecule has 1 amide bonds. The molecule has 0 atom stereocenters. The molecule has 0 spiro atoms. The van der Waals surface area contributed by atoms with Gasteiger partial charge in [0.2, 0.25) is 5.91 Å². The molecule has 1 N–H and O–H groups in total. The second-order valence-electron chi connectivity index (χ2n) is 7.26. The van der Waals surface area contributed by atoms with Gasteiger partial charge in [0.1, 0.15) is 5.82 Å². The van der Waals surface area contributed by atoms with Crippen LogP contribution in [-0.4, -0.2) is 27.8 Å². The van der Waals surface area contributed by atoms with Gasteiger partial charge in [-0.05, 0) is 24.0 Å². The highest BCUT2D eigenvalue weighted by molar-refractivity contribution is 6.10. The van der Waals surface area contributed by atoms with Gasteiger partial charge in [-0.25, -0.2) is 4.98 Å². The summed E-state index contributed by atoms with van der Waals surface area (Å²) in [6.07, 6.45) is 6.03. The van der Waals surface area contributed by atoms with E-state index >= 15 is 0 Å². The van der Waals surface area contributed by atoms with Crippen LogP contribution in [0.2, 0.25) is 0 Å². The Morgan fingerprint density at radius 2 is 2.00 bits per heavy atom. The van der Waals surface area contributed by atoms with E-state index in [1.165, 1.54) is 0 Å². The molecule has 0 aliphatic heterocycles. The summed E-state index contributed by atoms with van der Waals surface area (Å²) in [5.41, 5.74) is 2.75. The molecule has 0 saturated carbocycles. The number of benzene rings is 1. The Morgan fingerprint density at radius 3 is 2.74 bits per heavy atom. The van der Waals surface area contributed by atoms with Crippen molar-refractivity contribution in [1.82, 2.24) is 14.9 Å². The van der Waals surface area contributed by atoms with E-state index in [2.05, 4.69) is 28.7 Å². The van der Waals surface area contributed by atoms with Crippen LogP contribution in [0.25, 0.3) is 5.57 Å². The highest BCUT2D eigenvalue weighted by Gasteiger charge is 2.25. The van der Waals surface area contributed by atoms with Crippen molar-refractivity contribution in [3.8, 4) is 0 Å². The van der Waals surface area contributed by atoms with E-state index in [1.807, 2.05) is 42.7 Å². The van der Waals surface area contributed by atoms with Gasteiger partial charge in [-0.2, -0.15) is 0 Å². The fourth-order valence-electron chi connectivity index (χ4n) is 3.58. The summed E-state index contributed by atoms with van der Waals surface area (Å²) in [6, 6.07) is 9.89. The smallest absolute Gasteiger partial charge is 0.224 e. The molecule has 1 aromatic carbocycles. The Hall–Kier alpha value is -2.69. The SMILES string of the molecule is CC(C)c1nccn1CCCNC(=O)CC1=C(c2ccccc2)CCC1=O. The van der Waals surface area contributed by atoms with Crippen molar-refractivity contribution >= 4 is 17.3 Å². The van der Waals surface area contributed by atoms with Crippen molar-refractivity contribution < 1.29 is 9.59 Å². The van der Waals surface area contributed by atoms with Crippen molar-refractivity contribution in [3.63, 3.8) is 0 Å². The molecule has 0 saturated heterocycles. The number of nitrogens with zero attached hydrogens (tertiary/aromatic N) is 2. The van der Waals surface area contributed by atoms with Crippen LogP contribution < -0.4 is 5.32 Å². The van der Waals surface area contributed by atoms with Gasteiger partial charge in [-0.1, -0.05) is 44.2 Å². The third kappa shape index (κ3) is 4.73. The summed E-state index contributed by atoms with van der Waals surface area (Å²) in [7, 11) is 0. The van der Waals surface area contributed by atoms with Gasteiger partial charge in [0.25, 0.3) is 0 Å². The molecule has 142 valence electrons. The van der Waals surface area contributed by atoms with Crippen LogP contribution in [0.5, 0.6) is 0 Å². The molecule has 0 radical (unpaired) electrons. The maximum Gasteiger partial charge on any atom is 0.224 e. The number of hydrogen-bond acceptors (Lipinski definition) is 3. The molecule has 0 bridgehead atoms. The van der Waals surface area contributed by atoms with Crippen LogP contribution in [0.3, 0.4) is 0 Å². The zero-order valence-electron chi connectivity index (χ0n) is 16.1. The fourth-order valence-corrected chi connectivity index (χ4v) is 3.58. The average Bonchev–Trinajstić information content (AvgIpc) is 3.27. The van der Waals surface area contributed by atoms with Gasteiger partial charge in [0.05, 0.1) is 6.42 Å². The fraction of sp³-hybridized carbons (Fsp3) is 0.409. The summed E-state index contributed by atoms with van der Waals surface area (Å²) in [5, 5.41) is 2.95. The van der Waals surface area contributed by atoms with E-state index in [0.29, 0.717) is 24.5 Å². The lowest BCUT2D eigenvalue weighted by molar-refractivity contribution is -0.122. The van der Waals surface area contributed by atoms with E-state index in [-0.39, 0.29) is 18.1 Å². The molecular weight excluding hydrogens is 338 g/mol. The Morgan fingerprint density at radius 1 is 1.22 bits per heavy atom. The number of rotatable bonds is 8. The van der Waals surface area contributed by atoms with E-state index in [4.69, 9.17) is 0 Å². The number of allylic oxidation sites excluding steroid dienone is 1. The Bertz CT molecular complexity index is 834. The summed E-state index contributed by atoms with van der Waals surface area (Å²) in [4.78, 5) is 28.9. The molecule has 0 unspecified atom stereocenters. The average molecular weight is 365 g/mol. The number of imidazole rings is 1. The molecule has 1 aromatic heterocycles. The van der Waals surface area contributed by atoms with Crippen LogP contribution in [-0.2, 0) is 16.1 Å². The molecule has 1 aliphatic carbocycles. The van der Waals surface area contributed by atoms with Gasteiger partial charge in [-0.15, -0.1) is 0 Å². The van der Waals surface area contributed by atoms with Crippen molar-refractivity contribution in [2.24, 2.45) is 0 Å². The Labute approximate surface area is 160 Å². The number of nitrogens with one attached hydrogen (secondary N) is 1. The largest absolute Gasteiger partial charge is 0.356 e. The summed E-state index contributed by atoms with van der Waals surface area (Å²) < 4.78 is 2.13. The lowest BCUT2D eigenvalue weighted by atomic mass is 10.00. The van der Waals surface area contributed by atoms with Crippen LogP contribution in [0, 0.1) is 0 Å². The van der Waals surface area contributed by atoms with Crippen molar-refractivity contribution in [2.45, 2.75) is 52.0 Å². The van der Waals surface area contributed by atoms with Crippen LogP contribution in [0.4, 0.5) is 0 Å². The molecular formula is C22H27N3O2. The van der Waals surface area contributed by atoms with Gasteiger partial charge < -0.3 is 9.88 Å². The van der Waals surface area contributed by atoms with Gasteiger partial charge in [0.15, 0.2) is 5.78 Å². The number of aryl methyl sites for hydroxylation is 1. The van der Waals surface area contributed by atoms with Crippen LogP contribution >= 0.6 is 0 Å². The maximum absolute atomic E-state index is 12.3. The highest BCUT2D eigenvalue weighted by atomic mass is 16.2. The number of carbonyl (C=O) groups excluding carboxylic acids is 2. The minimum Gasteiger partial charge on any atom is -0.356 e. The van der Waals surface area contributed by atoms with Crippen molar-refractivity contribution in [3.05, 3.63) is 59.7 Å². The van der Waals surface area contributed by atoms with E-state index in [9.17, 15) is 9.59 Å². The standard InChI is InChI=1S/C22H27N3O2/c1-16(2)22-24-12-14-25(22)13-6-11-23-21(27)15-19-18(9-10-20(19)26)17-7-4-3-5-8-17/h3-5,7-8,12,14,16H,6,9-11,13,15H2,1-2H3,(H,23,27). The number of hydrogen-bond donors (Lipinski definition) is 1. The topological polar surface area (TPSA) is 64.0 Å². The number of amides is 1. The predicted molar refractivity (Wildman–Crippen MR) is 106 cm³/mol. The maximum atomic E-state index is 12.3. The first kappa shape index (κ1) is 19.1. The second-order valence-corrected chi connectivity index (χ2v) is 7.26. The third-order valence-electron chi connectivity index (χ3n) is 4.92. The summed E-state index contributed by atoms with van der Waals surface area (Å²) in [5.74, 6) is 1.47. The number of ketones is 1. The van der Waals surface area contributed by atoms with E-state index < -0.39 is 0 Å². The lowest BCUT2D eigenvalue weighted by Crippen LogP contribution is -2.26. The normalized spacial score (nSPS) is 14.3. The summed E-state index contributed by atoms with van der Waals surface area (Å²) >= 11 is 0. The Balaban J connectivity index is 1.53. The minimum absolute atomic E-state index is 0.0802. The lowest BCUT2D eigenvalue weighted by Gasteiger charge is -2.11. The van der Waals surface area contributed by atoms with Crippen LogP contribution in [0.15, 0.2) is 48.3 Å². The number of aromatic nitrogens is 2. The molecule has 1 aliphatic rings. The zero-order valence-corrected chi connectivity index (χ0v) is 16.1. The van der Waals surface area contributed by atoms with E-state index in [0.717, 1.165) is 36.3 Å². The quantitative estimate of drug-likeness (QED) is 0.725. The van der Waals surface area contributed by atoms with Gasteiger partial charge in [0, 0.05) is 43.4 Å². The second kappa shape index (κ2) is 8.80. The molecule has 5 nitrogen and oxygen atoms in total. The number of Topliss-reactive ketones (excluding diaryl/α,β-unsaturated/α-hetero) is 1. The molecule has 5 heteroatoms. The zero-order chi connectivity index (χ0) is 19.2. The van der Waals surface area contributed by atoms with Crippen molar-refractivity contribution in [2.75, 3.05) is 6.54 Å². The van der Waals surface area contributed by atoms with Crippen LogP contribution in [0.1, 0.15) is 56.8 Å². The molecule has 27 heavy (non-hydrogen) atoms. The first-order chi connectivity index (χ1) is 13.1. The number of carbonyl (C=O) groups is 2.